The van der Waals surface area contributed by atoms with Crippen LogP contribution in [0.3, 0.4) is 0 Å². The summed E-state index contributed by atoms with van der Waals surface area (Å²) in [6.45, 7) is 0.165. The number of rotatable bonds is 5. The highest BCUT2D eigenvalue weighted by Gasteiger charge is 2.28. The predicted molar refractivity (Wildman–Crippen MR) is 75.9 cm³/mol. The average molecular weight is 300 g/mol. The predicted octanol–water partition coefficient (Wildman–Crippen LogP) is 1.26. The van der Waals surface area contributed by atoms with Gasteiger partial charge >= 0.3 is 0 Å². The molecule has 1 aromatic rings. The second-order valence-electron chi connectivity index (χ2n) is 5.05. The minimum atomic E-state index is -2.89. The third-order valence-electron chi connectivity index (χ3n) is 3.61. The molecule has 1 N–H and O–H groups in total. The summed E-state index contributed by atoms with van der Waals surface area (Å²) in [6.07, 6.45) is 0.368. The van der Waals surface area contributed by atoms with E-state index < -0.39 is 15.9 Å². The molecule has 6 heteroatoms. The van der Waals surface area contributed by atoms with Crippen LogP contribution >= 0.6 is 0 Å². The lowest BCUT2D eigenvalue weighted by Crippen LogP contribution is -2.34. The fraction of sp³-hybridized carbons (Fsp3) is 0.571. The van der Waals surface area contributed by atoms with Crippen LogP contribution in [0.1, 0.15) is 12.8 Å². The van der Waals surface area contributed by atoms with Gasteiger partial charge in [-0.25, -0.2) is 8.42 Å². The van der Waals surface area contributed by atoms with Crippen LogP contribution < -0.4 is 9.47 Å². The molecular weight excluding hydrogens is 280 g/mol. The van der Waals surface area contributed by atoms with E-state index >= 15 is 0 Å². The molecule has 112 valence electrons. The van der Waals surface area contributed by atoms with Gasteiger partial charge in [0.2, 0.25) is 0 Å². The molecule has 0 bridgehead atoms. The third-order valence-corrected chi connectivity index (χ3v) is 5.32. The van der Waals surface area contributed by atoms with Gasteiger partial charge in [-0.2, -0.15) is 0 Å². The summed E-state index contributed by atoms with van der Waals surface area (Å²) < 4.78 is 33.3. The van der Waals surface area contributed by atoms with Crippen molar-refractivity contribution in [2.75, 3.05) is 25.2 Å². The van der Waals surface area contributed by atoms with Gasteiger partial charge in [0.1, 0.15) is 27.9 Å². The molecule has 20 heavy (non-hydrogen) atoms. The van der Waals surface area contributed by atoms with Crippen LogP contribution in [0.4, 0.5) is 0 Å². The topological polar surface area (TPSA) is 72.8 Å². The summed E-state index contributed by atoms with van der Waals surface area (Å²) in [7, 11) is -1.31. The van der Waals surface area contributed by atoms with E-state index in [2.05, 4.69) is 0 Å². The molecule has 2 rings (SSSR count). The largest absolute Gasteiger partial charge is 0.497 e. The van der Waals surface area contributed by atoms with Gasteiger partial charge in [-0.1, -0.05) is 6.07 Å². The second-order valence-corrected chi connectivity index (χ2v) is 7.35. The number of hydrogen-bond acceptors (Lipinski definition) is 5. The quantitative estimate of drug-likeness (QED) is 0.886. The summed E-state index contributed by atoms with van der Waals surface area (Å²) in [5.41, 5.74) is 0. The molecule has 1 atom stereocenters. The molecule has 0 aliphatic carbocycles. The van der Waals surface area contributed by atoms with Gasteiger partial charge in [0, 0.05) is 6.07 Å². The minimum Gasteiger partial charge on any atom is -0.497 e. The maximum atomic E-state index is 11.3. The molecule has 5 nitrogen and oxygen atoms in total. The maximum Gasteiger partial charge on any atom is 0.150 e. The first-order valence-electron chi connectivity index (χ1n) is 6.65. The van der Waals surface area contributed by atoms with Crippen LogP contribution in [0.25, 0.3) is 0 Å². The van der Waals surface area contributed by atoms with Crippen molar-refractivity contribution in [3.63, 3.8) is 0 Å². The van der Waals surface area contributed by atoms with Crippen LogP contribution in [-0.2, 0) is 9.84 Å². The zero-order valence-electron chi connectivity index (χ0n) is 11.5. The first-order chi connectivity index (χ1) is 9.50. The van der Waals surface area contributed by atoms with Crippen molar-refractivity contribution >= 4 is 9.84 Å². The normalized spacial score (nSPS) is 20.3. The van der Waals surface area contributed by atoms with Crippen molar-refractivity contribution in [3.05, 3.63) is 24.3 Å². The number of benzene rings is 1. The maximum absolute atomic E-state index is 11.3. The highest BCUT2D eigenvalue weighted by Crippen LogP contribution is 2.24. The molecule has 0 aromatic heterocycles. The lowest BCUT2D eigenvalue weighted by atomic mass is 9.96. The molecule has 1 unspecified atom stereocenters. The van der Waals surface area contributed by atoms with Gasteiger partial charge in [0.05, 0.1) is 24.7 Å². The van der Waals surface area contributed by atoms with Crippen LogP contribution in [0, 0.1) is 5.92 Å². The Bertz CT molecular complexity index is 526. The Labute approximate surface area is 119 Å². The molecule has 1 aliphatic rings. The zero-order valence-corrected chi connectivity index (χ0v) is 12.3. The summed E-state index contributed by atoms with van der Waals surface area (Å²) >= 11 is 0. The Balaban J connectivity index is 1.84. The SMILES string of the molecule is COc1cccc(OCC(O)C2CCS(=O)(=O)CC2)c1. The van der Waals surface area contributed by atoms with Crippen molar-refractivity contribution < 1.29 is 23.0 Å². The smallest absolute Gasteiger partial charge is 0.150 e. The van der Waals surface area contributed by atoms with Crippen molar-refractivity contribution in [3.8, 4) is 11.5 Å². The molecule has 0 amide bonds. The number of aliphatic hydroxyl groups excluding tert-OH is 1. The van der Waals surface area contributed by atoms with E-state index in [1.165, 1.54) is 0 Å². The standard InChI is InChI=1S/C14H20O5S/c1-18-12-3-2-4-13(9-12)19-10-14(15)11-5-7-20(16,17)8-6-11/h2-4,9,11,14-15H,5-8,10H2,1H3. The summed E-state index contributed by atoms with van der Waals surface area (Å²) in [5.74, 6) is 1.64. The average Bonchev–Trinajstić information content (AvgIpc) is 2.45. The first kappa shape index (κ1) is 15.1. The van der Waals surface area contributed by atoms with Crippen LogP contribution in [0.5, 0.6) is 11.5 Å². The van der Waals surface area contributed by atoms with Crippen molar-refractivity contribution in [1.82, 2.24) is 0 Å². The van der Waals surface area contributed by atoms with E-state index in [9.17, 15) is 13.5 Å². The Hall–Kier alpha value is -1.27. The number of hydrogen-bond donors (Lipinski definition) is 1. The molecule has 1 aliphatic heterocycles. The first-order valence-corrected chi connectivity index (χ1v) is 8.47. The van der Waals surface area contributed by atoms with Gasteiger partial charge in [0.25, 0.3) is 0 Å². The van der Waals surface area contributed by atoms with Crippen LogP contribution in [-0.4, -0.2) is 44.9 Å². The number of methoxy groups -OCH3 is 1. The van der Waals surface area contributed by atoms with Crippen LogP contribution in [0.15, 0.2) is 24.3 Å². The van der Waals surface area contributed by atoms with E-state index in [1.54, 1.807) is 19.2 Å². The van der Waals surface area contributed by atoms with Gasteiger partial charge < -0.3 is 14.6 Å². The molecule has 0 spiro atoms. The summed E-state index contributed by atoms with van der Waals surface area (Å²) in [5, 5.41) is 10.1. The van der Waals surface area contributed by atoms with Crippen molar-refractivity contribution in [2.45, 2.75) is 18.9 Å². The van der Waals surface area contributed by atoms with Crippen LogP contribution in [0.2, 0.25) is 0 Å². The van der Waals surface area contributed by atoms with E-state index in [1.807, 2.05) is 12.1 Å². The Morgan fingerprint density at radius 2 is 1.95 bits per heavy atom. The fourth-order valence-corrected chi connectivity index (χ4v) is 3.83. The van der Waals surface area contributed by atoms with Gasteiger partial charge in [-0.15, -0.1) is 0 Å². The van der Waals surface area contributed by atoms with E-state index in [4.69, 9.17) is 9.47 Å². The summed E-state index contributed by atoms with van der Waals surface area (Å²) in [4.78, 5) is 0. The van der Waals surface area contributed by atoms with Crippen molar-refractivity contribution in [1.29, 1.82) is 0 Å². The van der Waals surface area contributed by atoms with Gasteiger partial charge in [-0.3, -0.25) is 0 Å². The molecule has 0 saturated carbocycles. The number of ether oxygens (including phenoxy) is 2. The van der Waals surface area contributed by atoms with Gasteiger partial charge in [-0.05, 0) is 30.9 Å². The molecule has 1 saturated heterocycles. The highest BCUT2D eigenvalue weighted by atomic mass is 32.2. The second kappa shape index (κ2) is 6.45. The lowest BCUT2D eigenvalue weighted by Gasteiger charge is -2.26. The third kappa shape index (κ3) is 4.11. The van der Waals surface area contributed by atoms with E-state index in [0.717, 1.165) is 0 Å². The summed E-state index contributed by atoms with van der Waals surface area (Å²) in [6, 6.07) is 7.17. The van der Waals surface area contributed by atoms with Crippen molar-refractivity contribution in [2.24, 2.45) is 5.92 Å². The molecule has 1 fully saturated rings. The highest BCUT2D eigenvalue weighted by molar-refractivity contribution is 7.91. The zero-order chi connectivity index (χ0) is 14.6. The van der Waals surface area contributed by atoms with E-state index in [0.29, 0.717) is 24.3 Å². The van der Waals surface area contributed by atoms with E-state index in [-0.39, 0.29) is 24.0 Å². The Kier molecular flexibility index (Phi) is 4.88. The number of aliphatic hydroxyl groups is 1. The minimum absolute atomic E-state index is 0.0101. The number of sulfone groups is 1. The monoisotopic (exact) mass is 300 g/mol. The molecule has 0 radical (unpaired) electrons. The molecular formula is C14H20O5S. The lowest BCUT2D eigenvalue weighted by molar-refractivity contribution is 0.0527. The Morgan fingerprint density at radius 3 is 2.60 bits per heavy atom. The molecule has 1 heterocycles. The Morgan fingerprint density at radius 1 is 1.30 bits per heavy atom. The molecule has 1 aromatic carbocycles. The fourth-order valence-electron chi connectivity index (χ4n) is 2.30. The van der Waals surface area contributed by atoms with Gasteiger partial charge in [0.15, 0.2) is 0 Å².